The minimum absolute atomic E-state index is 0.279. The highest BCUT2D eigenvalue weighted by Crippen LogP contribution is 2.19. The Hall–Kier alpha value is -2.66. The van der Waals surface area contributed by atoms with Gasteiger partial charge < -0.3 is 10.6 Å². The second-order valence-corrected chi connectivity index (χ2v) is 4.97. The smallest absolute Gasteiger partial charge is 0.229 e. The van der Waals surface area contributed by atoms with Crippen LogP contribution in [0.3, 0.4) is 0 Å². The standard InChI is InChI=1S/C16H12ClFN4/c17-11-1-5-14(6-2-11)21-16-19-10-9-15(22-16)20-13-7-3-12(18)4-8-13/h1-10H,(H2,19,20,21,22). The lowest BCUT2D eigenvalue weighted by atomic mass is 10.3. The number of hydrogen-bond donors (Lipinski definition) is 2. The van der Waals surface area contributed by atoms with Gasteiger partial charge in [0.15, 0.2) is 0 Å². The van der Waals surface area contributed by atoms with Crippen molar-refractivity contribution >= 4 is 34.7 Å². The van der Waals surface area contributed by atoms with E-state index in [1.807, 2.05) is 12.1 Å². The van der Waals surface area contributed by atoms with E-state index < -0.39 is 0 Å². The molecule has 6 heteroatoms. The fourth-order valence-corrected chi connectivity index (χ4v) is 1.96. The maximum atomic E-state index is 12.9. The van der Waals surface area contributed by atoms with Gasteiger partial charge in [0.25, 0.3) is 0 Å². The van der Waals surface area contributed by atoms with Crippen LogP contribution in [0.1, 0.15) is 0 Å². The zero-order valence-corrected chi connectivity index (χ0v) is 12.2. The number of nitrogens with one attached hydrogen (secondary N) is 2. The zero-order valence-electron chi connectivity index (χ0n) is 11.4. The van der Waals surface area contributed by atoms with E-state index in [0.717, 1.165) is 11.4 Å². The van der Waals surface area contributed by atoms with Crippen molar-refractivity contribution in [2.24, 2.45) is 0 Å². The first-order valence-electron chi connectivity index (χ1n) is 6.57. The van der Waals surface area contributed by atoms with Crippen molar-refractivity contribution in [3.8, 4) is 0 Å². The van der Waals surface area contributed by atoms with E-state index in [1.165, 1.54) is 12.1 Å². The number of hydrogen-bond acceptors (Lipinski definition) is 4. The van der Waals surface area contributed by atoms with Crippen molar-refractivity contribution in [1.82, 2.24) is 9.97 Å². The Morgan fingerprint density at radius 3 is 2.18 bits per heavy atom. The second-order valence-electron chi connectivity index (χ2n) is 4.53. The molecule has 110 valence electrons. The van der Waals surface area contributed by atoms with E-state index in [-0.39, 0.29) is 5.82 Å². The fourth-order valence-electron chi connectivity index (χ4n) is 1.83. The maximum absolute atomic E-state index is 12.9. The number of aromatic nitrogens is 2. The van der Waals surface area contributed by atoms with E-state index in [4.69, 9.17) is 11.6 Å². The minimum Gasteiger partial charge on any atom is -0.340 e. The molecule has 0 aliphatic heterocycles. The molecule has 2 N–H and O–H groups in total. The molecule has 0 spiro atoms. The van der Waals surface area contributed by atoms with Crippen LogP contribution in [0.5, 0.6) is 0 Å². The molecular weight excluding hydrogens is 303 g/mol. The van der Waals surface area contributed by atoms with Crippen molar-refractivity contribution in [2.75, 3.05) is 10.6 Å². The Kier molecular flexibility index (Phi) is 4.16. The molecule has 3 aromatic rings. The molecule has 2 aromatic carbocycles. The number of halogens is 2. The molecule has 4 nitrogen and oxygen atoms in total. The van der Waals surface area contributed by atoms with Crippen molar-refractivity contribution < 1.29 is 4.39 Å². The fraction of sp³-hybridized carbons (Fsp3) is 0. The topological polar surface area (TPSA) is 49.8 Å². The number of anilines is 4. The van der Waals surface area contributed by atoms with Crippen LogP contribution in [0.4, 0.5) is 27.5 Å². The second kappa shape index (κ2) is 6.41. The van der Waals surface area contributed by atoms with Gasteiger partial charge in [-0.15, -0.1) is 0 Å². The van der Waals surface area contributed by atoms with Crippen LogP contribution in [0.25, 0.3) is 0 Å². The van der Waals surface area contributed by atoms with Gasteiger partial charge in [-0.3, -0.25) is 0 Å². The van der Waals surface area contributed by atoms with Crippen LogP contribution < -0.4 is 10.6 Å². The third kappa shape index (κ3) is 3.71. The molecule has 22 heavy (non-hydrogen) atoms. The minimum atomic E-state index is -0.279. The summed E-state index contributed by atoms with van der Waals surface area (Å²) in [5.41, 5.74) is 1.58. The first-order valence-corrected chi connectivity index (χ1v) is 6.95. The van der Waals surface area contributed by atoms with E-state index in [2.05, 4.69) is 20.6 Å². The lowest BCUT2D eigenvalue weighted by Crippen LogP contribution is -2.00. The van der Waals surface area contributed by atoms with Gasteiger partial charge in [-0.25, -0.2) is 9.37 Å². The summed E-state index contributed by atoms with van der Waals surface area (Å²) < 4.78 is 12.9. The van der Waals surface area contributed by atoms with Crippen molar-refractivity contribution in [2.45, 2.75) is 0 Å². The number of benzene rings is 2. The summed E-state index contributed by atoms with van der Waals surface area (Å²) in [6.07, 6.45) is 1.64. The molecule has 0 aliphatic carbocycles. The Labute approximate surface area is 132 Å². The quantitative estimate of drug-likeness (QED) is 0.729. The van der Waals surface area contributed by atoms with Gasteiger partial charge in [0.2, 0.25) is 5.95 Å². The molecule has 0 unspecified atom stereocenters. The van der Waals surface area contributed by atoms with Gasteiger partial charge in [-0.2, -0.15) is 4.98 Å². The third-order valence-electron chi connectivity index (χ3n) is 2.87. The highest BCUT2D eigenvalue weighted by atomic mass is 35.5. The van der Waals surface area contributed by atoms with Crippen molar-refractivity contribution in [3.05, 3.63) is 71.6 Å². The van der Waals surface area contributed by atoms with E-state index in [9.17, 15) is 4.39 Å². The molecule has 0 atom stereocenters. The van der Waals surface area contributed by atoms with Gasteiger partial charge in [-0.1, -0.05) is 11.6 Å². The van der Waals surface area contributed by atoms with Gasteiger partial charge in [-0.05, 0) is 54.6 Å². The summed E-state index contributed by atoms with van der Waals surface area (Å²) in [6.45, 7) is 0. The van der Waals surface area contributed by atoms with Gasteiger partial charge in [0.05, 0.1) is 0 Å². The monoisotopic (exact) mass is 314 g/mol. The van der Waals surface area contributed by atoms with Crippen molar-refractivity contribution in [3.63, 3.8) is 0 Å². The van der Waals surface area contributed by atoms with E-state index in [1.54, 1.807) is 36.5 Å². The summed E-state index contributed by atoms with van der Waals surface area (Å²) in [7, 11) is 0. The van der Waals surface area contributed by atoms with Gasteiger partial charge >= 0.3 is 0 Å². The molecule has 0 amide bonds. The van der Waals surface area contributed by atoms with Crippen LogP contribution in [-0.2, 0) is 0 Å². The highest BCUT2D eigenvalue weighted by Gasteiger charge is 2.01. The summed E-state index contributed by atoms with van der Waals surface area (Å²) in [6, 6.07) is 15.0. The first-order chi connectivity index (χ1) is 10.7. The predicted molar refractivity (Wildman–Crippen MR) is 86.4 cm³/mol. The molecule has 3 rings (SSSR count). The largest absolute Gasteiger partial charge is 0.340 e. The predicted octanol–water partition coefficient (Wildman–Crippen LogP) is 4.76. The maximum Gasteiger partial charge on any atom is 0.229 e. The Bertz CT molecular complexity index is 697. The van der Waals surface area contributed by atoms with E-state index in [0.29, 0.717) is 16.8 Å². The van der Waals surface area contributed by atoms with Gasteiger partial charge in [0.1, 0.15) is 11.6 Å². The molecular formula is C16H12ClFN4. The van der Waals surface area contributed by atoms with Crippen LogP contribution in [0, 0.1) is 5.82 Å². The Balaban J connectivity index is 1.74. The Morgan fingerprint density at radius 2 is 1.45 bits per heavy atom. The molecule has 0 fully saturated rings. The van der Waals surface area contributed by atoms with E-state index >= 15 is 0 Å². The average molecular weight is 315 g/mol. The highest BCUT2D eigenvalue weighted by molar-refractivity contribution is 6.30. The summed E-state index contributed by atoms with van der Waals surface area (Å²) in [5.74, 6) is 0.783. The van der Waals surface area contributed by atoms with Crippen LogP contribution in [-0.4, -0.2) is 9.97 Å². The molecule has 0 bridgehead atoms. The Morgan fingerprint density at radius 1 is 0.818 bits per heavy atom. The molecule has 0 saturated heterocycles. The van der Waals surface area contributed by atoms with Crippen molar-refractivity contribution in [1.29, 1.82) is 0 Å². The van der Waals surface area contributed by atoms with Crippen LogP contribution >= 0.6 is 11.6 Å². The summed E-state index contributed by atoms with van der Waals surface area (Å²) >= 11 is 5.85. The van der Waals surface area contributed by atoms with Gasteiger partial charge in [0, 0.05) is 22.6 Å². The number of nitrogens with zero attached hydrogens (tertiary/aromatic N) is 2. The summed E-state index contributed by atoms with van der Waals surface area (Å²) in [5, 5.41) is 6.84. The summed E-state index contributed by atoms with van der Waals surface area (Å²) in [4.78, 5) is 8.51. The molecule has 0 saturated carbocycles. The normalized spacial score (nSPS) is 10.3. The average Bonchev–Trinajstić information content (AvgIpc) is 2.52. The lowest BCUT2D eigenvalue weighted by Gasteiger charge is -2.08. The lowest BCUT2D eigenvalue weighted by molar-refractivity contribution is 0.628. The first kappa shape index (κ1) is 14.3. The molecule has 0 radical (unpaired) electrons. The number of rotatable bonds is 4. The molecule has 1 heterocycles. The molecule has 0 aliphatic rings. The van der Waals surface area contributed by atoms with Crippen LogP contribution in [0.15, 0.2) is 60.8 Å². The molecule has 1 aromatic heterocycles. The third-order valence-corrected chi connectivity index (χ3v) is 3.12. The van der Waals surface area contributed by atoms with Crippen LogP contribution in [0.2, 0.25) is 5.02 Å². The SMILES string of the molecule is Fc1ccc(Nc2ccnc(Nc3ccc(Cl)cc3)n2)cc1. The zero-order chi connectivity index (χ0) is 15.4.